The molecule has 0 bridgehead atoms. The van der Waals surface area contributed by atoms with Crippen molar-refractivity contribution in [3.05, 3.63) is 83.3 Å². The highest BCUT2D eigenvalue weighted by atomic mass is 16.6. The smallest absolute Gasteiger partial charge is 0.417 e. The number of carbonyl (C=O) groups is 3. The van der Waals surface area contributed by atoms with Crippen molar-refractivity contribution in [1.82, 2.24) is 4.90 Å². The van der Waals surface area contributed by atoms with Gasteiger partial charge in [-0.15, -0.1) is 0 Å². The normalized spacial score (nSPS) is 15.8. The zero-order chi connectivity index (χ0) is 27.8. The van der Waals surface area contributed by atoms with Crippen molar-refractivity contribution in [3.8, 4) is 11.1 Å². The second kappa shape index (κ2) is 13.4. The quantitative estimate of drug-likeness (QED) is 0.184. The number of aliphatic hydroxyl groups excluding tert-OH is 1. The Morgan fingerprint density at radius 1 is 1.05 bits per heavy atom. The summed E-state index contributed by atoms with van der Waals surface area (Å²) in [5, 5.41) is 9.04. The maximum Gasteiger partial charge on any atom is 0.417 e. The second-order valence-corrected chi connectivity index (χ2v) is 9.81. The molecular formula is C31H35NO7. The zero-order valence-electron chi connectivity index (χ0n) is 22.4. The van der Waals surface area contributed by atoms with E-state index in [0.29, 0.717) is 18.6 Å². The van der Waals surface area contributed by atoms with Crippen LogP contribution in [0.5, 0.6) is 0 Å². The van der Waals surface area contributed by atoms with Crippen LogP contribution in [0.15, 0.2) is 65.1 Å². The van der Waals surface area contributed by atoms with Gasteiger partial charge < -0.3 is 19.0 Å². The Balaban J connectivity index is 1.57. The summed E-state index contributed by atoms with van der Waals surface area (Å²) in [6, 6.07) is 18.5. The number of carbonyl (C=O) groups excluding carboxylic acids is 3. The number of nitrogens with zero attached hydrogens (tertiary/aromatic N) is 1. The molecule has 1 N–H and O–H groups in total. The van der Waals surface area contributed by atoms with Crippen molar-refractivity contribution < 1.29 is 33.4 Å². The Kier molecular flexibility index (Phi) is 9.68. The highest BCUT2D eigenvalue weighted by Crippen LogP contribution is 2.31. The maximum atomic E-state index is 13.6. The topological polar surface area (TPSA) is 106 Å². The van der Waals surface area contributed by atoms with Gasteiger partial charge in [-0.3, -0.25) is 9.59 Å². The lowest BCUT2D eigenvalue weighted by Crippen LogP contribution is -2.48. The first-order chi connectivity index (χ1) is 18.9. The van der Waals surface area contributed by atoms with Crippen molar-refractivity contribution in [2.75, 3.05) is 20.3 Å². The van der Waals surface area contributed by atoms with Crippen LogP contribution < -0.4 is 0 Å². The number of aryl methyl sites for hydroxylation is 2. The van der Waals surface area contributed by atoms with E-state index in [1.54, 1.807) is 6.07 Å². The van der Waals surface area contributed by atoms with E-state index in [0.717, 1.165) is 52.8 Å². The van der Waals surface area contributed by atoms with E-state index in [4.69, 9.17) is 19.0 Å². The van der Waals surface area contributed by atoms with E-state index < -0.39 is 29.9 Å². The van der Waals surface area contributed by atoms with Gasteiger partial charge in [-0.1, -0.05) is 73.0 Å². The highest BCUT2D eigenvalue weighted by molar-refractivity contribution is 6.14. The van der Waals surface area contributed by atoms with Gasteiger partial charge in [0.15, 0.2) is 5.76 Å². The monoisotopic (exact) mass is 533 g/mol. The van der Waals surface area contributed by atoms with Crippen LogP contribution in [0.2, 0.25) is 0 Å². The number of aliphatic hydroxyl groups is 1. The third-order valence-corrected chi connectivity index (χ3v) is 6.90. The maximum absolute atomic E-state index is 13.6. The van der Waals surface area contributed by atoms with E-state index in [1.165, 1.54) is 7.11 Å². The van der Waals surface area contributed by atoms with Gasteiger partial charge in [-0.05, 0) is 43.4 Å². The average Bonchev–Trinajstić information content (AvgIpc) is 3.53. The Labute approximate surface area is 228 Å². The van der Waals surface area contributed by atoms with Gasteiger partial charge in [-0.2, -0.15) is 0 Å². The van der Waals surface area contributed by atoms with Crippen LogP contribution in [0.3, 0.4) is 0 Å². The molecule has 8 heteroatoms. The van der Waals surface area contributed by atoms with Crippen molar-refractivity contribution in [3.63, 3.8) is 0 Å². The molecule has 3 aromatic rings. The lowest BCUT2D eigenvalue weighted by Gasteiger charge is -2.23. The van der Waals surface area contributed by atoms with Crippen molar-refractivity contribution in [2.45, 2.75) is 57.6 Å². The number of imide groups is 1. The molecule has 1 aliphatic rings. The molecule has 8 nitrogen and oxygen atoms in total. The molecule has 2 heterocycles. The van der Waals surface area contributed by atoms with Gasteiger partial charge in [0, 0.05) is 25.7 Å². The summed E-state index contributed by atoms with van der Waals surface area (Å²) in [5.74, 6) is -0.770. The Hall–Kier alpha value is -3.75. The summed E-state index contributed by atoms with van der Waals surface area (Å²) in [6.07, 6.45) is 2.05. The number of ether oxygens (including phenoxy) is 2. The predicted molar refractivity (Wildman–Crippen MR) is 145 cm³/mol. The van der Waals surface area contributed by atoms with Crippen LogP contribution in [-0.2, 0) is 27.1 Å². The molecule has 1 saturated heterocycles. The fourth-order valence-electron chi connectivity index (χ4n) is 4.89. The standard InChI is InChI=1S/C31H35NO7/c1-21-11-10-14-23(17-21)25-19-27(39-26(25)15-8-3-4-9-16-33)28(34)29(37-2)30(35)32-24(20-38-31(32)36)18-22-12-6-5-7-13-22/h5-7,10-14,17,19,24,29,33H,3-4,8-9,15-16,18,20H2,1-2H3. The number of unbranched alkanes of at least 4 members (excludes halogenated alkanes) is 3. The molecule has 0 saturated carbocycles. The molecule has 39 heavy (non-hydrogen) atoms. The summed E-state index contributed by atoms with van der Waals surface area (Å²) in [6.45, 7) is 2.20. The minimum atomic E-state index is -1.55. The molecule has 2 aromatic carbocycles. The number of amides is 2. The molecular weight excluding hydrogens is 498 g/mol. The summed E-state index contributed by atoms with van der Waals surface area (Å²) in [4.78, 5) is 40.6. The molecule has 0 aliphatic carbocycles. The number of benzene rings is 2. The minimum Gasteiger partial charge on any atom is -0.457 e. The molecule has 2 amide bonds. The van der Waals surface area contributed by atoms with Crippen molar-refractivity contribution in [2.24, 2.45) is 0 Å². The van der Waals surface area contributed by atoms with Crippen LogP contribution >= 0.6 is 0 Å². The van der Waals surface area contributed by atoms with Gasteiger partial charge >= 0.3 is 6.09 Å². The Morgan fingerprint density at radius 2 is 1.82 bits per heavy atom. The van der Waals surface area contributed by atoms with Gasteiger partial charge in [0.1, 0.15) is 12.4 Å². The molecule has 2 unspecified atom stereocenters. The number of hydrogen-bond donors (Lipinski definition) is 1. The fourth-order valence-corrected chi connectivity index (χ4v) is 4.89. The number of methoxy groups -OCH3 is 1. The largest absolute Gasteiger partial charge is 0.457 e. The summed E-state index contributed by atoms with van der Waals surface area (Å²) < 4.78 is 16.6. The highest BCUT2D eigenvalue weighted by Gasteiger charge is 2.44. The molecule has 0 radical (unpaired) electrons. The van der Waals surface area contributed by atoms with Crippen LogP contribution in [0.25, 0.3) is 11.1 Å². The lowest BCUT2D eigenvalue weighted by atomic mass is 10.00. The van der Waals surface area contributed by atoms with Gasteiger partial charge in [-0.25, -0.2) is 9.69 Å². The Bertz CT molecular complexity index is 1280. The van der Waals surface area contributed by atoms with Gasteiger partial charge in [0.25, 0.3) is 5.91 Å². The molecule has 1 aromatic heterocycles. The molecule has 1 fully saturated rings. The van der Waals surface area contributed by atoms with Crippen LogP contribution in [0.1, 0.15) is 53.1 Å². The second-order valence-electron chi connectivity index (χ2n) is 9.81. The lowest BCUT2D eigenvalue weighted by molar-refractivity contribution is -0.137. The van der Waals surface area contributed by atoms with Crippen molar-refractivity contribution >= 4 is 17.8 Å². The van der Waals surface area contributed by atoms with Crippen LogP contribution in [0, 0.1) is 6.92 Å². The number of Topliss-reactive ketones (excluding diaryl/α,β-unsaturated/α-hetero) is 1. The molecule has 4 rings (SSSR count). The first-order valence-corrected chi connectivity index (χ1v) is 13.3. The van der Waals surface area contributed by atoms with Crippen LogP contribution in [-0.4, -0.2) is 60.3 Å². The first-order valence-electron chi connectivity index (χ1n) is 13.3. The Morgan fingerprint density at radius 3 is 2.54 bits per heavy atom. The fraction of sp³-hybridized carbons (Fsp3) is 0.387. The average molecular weight is 534 g/mol. The van der Waals surface area contributed by atoms with Crippen molar-refractivity contribution in [1.29, 1.82) is 0 Å². The van der Waals surface area contributed by atoms with Gasteiger partial charge in [0.05, 0.1) is 6.04 Å². The molecule has 206 valence electrons. The van der Waals surface area contributed by atoms with Gasteiger partial charge in [0.2, 0.25) is 11.9 Å². The van der Waals surface area contributed by atoms with E-state index >= 15 is 0 Å². The summed E-state index contributed by atoms with van der Waals surface area (Å²) in [7, 11) is 1.26. The number of cyclic esters (lactones) is 1. The molecule has 1 aliphatic heterocycles. The molecule has 2 atom stereocenters. The zero-order valence-corrected chi connectivity index (χ0v) is 22.4. The first kappa shape index (κ1) is 28.3. The van der Waals surface area contributed by atoms with E-state index in [-0.39, 0.29) is 19.0 Å². The summed E-state index contributed by atoms with van der Waals surface area (Å²) >= 11 is 0. The third-order valence-electron chi connectivity index (χ3n) is 6.90. The molecule has 0 spiro atoms. The predicted octanol–water partition coefficient (Wildman–Crippen LogP) is 5.14. The van der Waals surface area contributed by atoms with E-state index in [1.807, 2.05) is 61.5 Å². The van der Waals surface area contributed by atoms with E-state index in [9.17, 15) is 14.4 Å². The number of hydrogen-bond acceptors (Lipinski definition) is 7. The number of rotatable bonds is 13. The number of furan rings is 1. The summed E-state index contributed by atoms with van der Waals surface area (Å²) in [5.41, 5.74) is 3.71. The minimum absolute atomic E-state index is 0.00392. The van der Waals surface area contributed by atoms with Crippen LogP contribution in [0.4, 0.5) is 4.79 Å². The van der Waals surface area contributed by atoms with E-state index in [2.05, 4.69) is 0 Å². The number of ketones is 1. The third kappa shape index (κ3) is 6.82. The SMILES string of the molecule is COC(C(=O)c1cc(-c2cccc(C)c2)c(CCCCCCO)o1)C(=O)N1C(=O)OCC1Cc1ccccc1.